The lowest BCUT2D eigenvalue weighted by atomic mass is 9.82. The monoisotopic (exact) mass is 242 g/mol. The van der Waals surface area contributed by atoms with Crippen LogP contribution in [0.15, 0.2) is 0 Å². The standard InChI is InChI=1S/C16H31F/c1-15(2)16(17)13-11-9-7-5-3-4-6-8-10-12-14-16/h15H,3-14H2,1-2H3. The van der Waals surface area contributed by atoms with Gasteiger partial charge >= 0.3 is 0 Å². The van der Waals surface area contributed by atoms with Crippen molar-refractivity contribution in [2.45, 2.75) is 96.6 Å². The molecule has 1 saturated carbocycles. The fourth-order valence-corrected chi connectivity index (χ4v) is 2.95. The van der Waals surface area contributed by atoms with Crippen molar-refractivity contribution in [2.24, 2.45) is 5.92 Å². The Morgan fingerprint density at radius 3 is 1.24 bits per heavy atom. The highest BCUT2D eigenvalue weighted by Crippen LogP contribution is 2.34. The van der Waals surface area contributed by atoms with E-state index in [4.69, 9.17) is 0 Å². The Morgan fingerprint density at radius 1 is 0.647 bits per heavy atom. The second-order valence-electron chi connectivity index (χ2n) is 6.22. The van der Waals surface area contributed by atoms with Crippen molar-refractivity contribution < 1.29 is 4.39 Å². The van der Waals surface area contributed by atoms with E-state index in [0.29, 0.717) is 0 Å². The highest BCUT2D eigenvalue weighted by molar-refractivity contribution is 4.82. The van der Waals surface area contributed by atoms with Crippen molar-refractivity contribution in [3.05, 3.63) is 0 Å². The Balaban J connectivity index is 2.41. The number of rotatable bonds is 1. The molecule has 1 heteroatoms. The van der Waals surface area contributed by atoms with Gasteiger partial charge in [0.1, 0.15) is 5.67 Å². The van der Waals surface area contributed by atoms with E-state index in [1.165, 1.54) is 51.4 Å². The maximum absolute atomic E-state index is 14.8. The van der Waals surface area contributed by atoms with Gasteiger partial charge in [-0.1, -0.05) is 78.1 Å². The number of hydrogen-bond acceptors (Lipinski definition) is 0. The van der Waals surface area contributed by atoms with Gasteiger partial charge in [0.15, 0.2) is 0 Å². The third kappa shape index (κ3) is 5.88. The molecule has 0 N–H and O–H groups in total. The zero-order valence-corrected chi connectivity index (χ0v) is 11.9. The first-order chi connectivity index (χ1) is 8.15. The largest absolute Gasteiger partial charge is 0.244 e. The van der Waals surface area contributed by atoms with Crippen LogP contribution in [0.25, 0.3) is 0 Å². The van der Waals surface area contributed by atoms with Crippen molar-refractivity contribution in [2.75, 3.05) is 0 Å². The highest BCUT2D eigenvalue weighted by atomic mass is 19.1. The van der Waals surface area contributed by atoms with E-state index in [-0.39, 0.29) is 5.92 Å². The van der Waals surface area contributed by atoms with E-state index in [1.54, 1.807) is 0 Å². The molecule has 0 atom stereocenters. The maximum atomic E-state index is 14.8. The predicted octanol–water partition coefficient (Wildman–Crippen LogP) is 6.05. The van der Waals surface area contributed by atoms with Crippen LogP contribution >= 0.6 is 0 Å². The third-order valence-corrected chi connectivity index (χ3v) is 4.47. The van der Waals surface area contributed by atoms with Crippen LogP contribution in [0.4, 0.5) is 4.39 Å². The molecule has 1 aliphatic rings. The van der Waals surface area contributed by atoms with E-state index < -0.39 is 5.67 Å². The fraction of sp³-hybridized carbons (Fsp3) is 1.00. The zero-order valence-electron chi connectivity index (χ0n) is 11.9. The van der Waals surface area contributed by atoms with Gasteiger partial charge in [-0.3, -0.25) is 0 Å². The predicted molar refractivity (Wildman–Crippen MR) is 74.1 cm³/mol. The lowest BCUT2D eigenvalue weighted by Crippen LogP contribution is -2.29. The second-order valence-corrected chi connectivity index (χ2v) is 6.22. The lowest BCUT2D eigenvalue weighted by molar-refractivity contribution is 0.0718. The summed E-state index contributed by atoms with van der Waals surface area (Å²) in [6, 6.07) is 0. The van der Waals surface area contributed by atoms with E-state index in [1.807, 2.05) is 0 Å². The van der Waals surface area contributed by atoms with E-state index in [9.17, 15) is 4.39 Å². The van der Waals surface area contributed by atoms with Gasteiger partial charge in [0.05, 0.1) is 0 Å². The average Bonchev–Trinajstić information content (AvgIpc) is 2.31. The van der Waals surface area contributed by atoms with Gasteiger partial charge in [0.25, 0.3) is 0 Å². The summed E-state index contributed by atoms with van der Waals surface area (Å²) in [4.78, 5) is 0. The second kappa shape index (κ2) is 8.11. The third-order valence-electron chi connectivity index (χ3n) is 4.47. The molecule has 0 nitrogen and oxygen atoms in total. The highest BCUT2D eigenvalue weighted by Gasteiger charge is 2.32. The summed E-state index contributed by atoms with van der Waals surface area (Å²) in [5.41, 5.74) is -0.881. The molecule has 0 aromatic heterocycles. The van der Waals surface area contributed by atoms with Crippen molar-refractivity contribution in [1.29, 1.82) is 0 Å². The summed E-state index contributed by atoms with van der Waals surface area (Å²) in [6.45, 7) is 4.11. The first-order valence-electron chi connectivity index (χ1n) is 7.84. The van der Waals surface area contributed by atoms with Crippen LogP contribution in [-0.2, 0) is 0 Å². The number of hydrogen-bond donors (Lipinski definition) is 0. The molecule has 0 aromatic rings. The van der Waals surface area contributed by atoms with E-state index in [2.05, 4.69) is 13.8 Å². The smallest absolute Gasteiger partial charge is 0.113 e. The molecular weight excluding hydrogens is 211 g/mol. The molecule has 17 heavy (non-hydrogen) atoms. The Kier molecular flexibility index (Phi) is 7.15. The Morgan fingerprint density at radius 2 is 0.941 bits per heavy atom. The van der Waals surface area contributed by atoms with Crippen molar-refractivity contribution >= 4 is 0 Å². The van der Waals surface area contributed by atoms with Gasteiger partial charge < -0.3 is 0 Å². The molecule has 0 bridgehead atoms. The molecule has 0 spiro atoms. The van der Waals surface area contributed by atoms with Gasteiger partial charge in [-0.15, -0.1) is 0 Å². The molecular formula is C16H31F. The number of alkyl halides is 1. The Hall–Kier alpha value is -0.0700. The minimum absolute atomic E-state index is 0.188. The fourth-order valence-electron chi connectivity index (χ4n) is 2.95. The molecule has 0 aliphatic heterocycles. The zero-order chi connectivity index (χ0) is 12.6. The van der Waals surface area contributed by atoms with Crippen molar-refractivity contribution in [1.82, 2.24) is 0 Å². The van der Waals surface area contributed by atoms with Crippen LogP contribution in [0.2, 0.25) is 0 Å². The van der Waals surface area contributed by atoms with Gasteiger partial charge in [-0.05, 0) is 18.8 Å². The van der Waals surface area contributed by atoms with Crippen molar-refractivity contribution in [3.8, 4) is 0 Å². The van der Waals surface area contributed by atoms with Gasteiger partial charge in [0, 0.05) is 0 Å². The molecule has 102 valence electrons. The summed E-state index contributed by atoms with van der Waals surface area (Å²) >= 11 is 0. The van der Waals surface area contributed by atoms with E-state index in [0.717, 1.165) is 25.7 Å². The minimum Gasteiger partial charge on any atom is -0.244 e. The van der Waals surface area contributed by atoms with Crippen LogP contribution in [-0.4, -0.2) is 5.67 Å². The molecule has 0 radical (unpaired) electrons. The molecule has 1 rings (SSSR count). The first-order valence-corrected chi connectivity index (χ1v) is 7.84. The molecule has 0 unspecified atom stereocenters. The van der Waals surface area contributed by atoms with Gasteiger partial charge in [-0.25, -0.2) is 4.39 Å². The van der Waals surface area contributed by atoms with Crippen LogP contribution < -0.4 is 0 Å². The SMILES string of the molecule is CC(C)C1(F)CCCCCCCCCCCC1. The molecule has 1 aliphatic carbocycles. The Labute approximate surface area is 107 Å². The molecule has 0 amide bonds. The van der Waals surface area contributed by atoms with Gasteiger partial charge in [-0.2, -0.15) is 0 Å². The Bertz CT molecular complexity index is 172. The minimum atomic E-state index is -0.881. The first kappa shape index (κ1) is 15.0. The topological polar surface area (TPSA) is 0 Å². The summed E-state index contributed by atoms with van der Waals surface area (Å²) in [5.74, 6) is 0.188. The van der Waals surface area contributed by atoms with Crippen LogP contribution in [0, 0.1) is 5.92 Å². The van der Waals surface area contributed by atoms with Crippen LogP contribution in [0.1, 0.15) is 90.9 Å². The normalized spacial score (nSPS) is 24.7. The average molecular weight is 242 g/mol. The van der Waals surface area contributed by atoms with Gasteiger partial charge in [0.2, 0.25) is 0 Å². The van der Waals surface area contributed by atoms with Crippen molar-refractivity contribution in [3.63, 3.8) is 0 Å². The van der Waals surface area contributed by atoms with Crippen LogP contribution in [0.3, 0.4) is 0 Å². The molecule has 0 saturated heterocycles. The molecule has 0 heterocycles. The van der Waals surface area contributed by atoms with Crippen LogP contribution in [0.5, 0.6) is 0 Å². The molecule has 1 fully saturated rings. The summed E-state index contributed by atoms with van der Waals surface area (Å²) in [7, 11) is 0. The quantitative estimate of drug-likeness (QED) is 0.525. The summed E-state index contributed by atoms with van der Waals surface area (Å²) in [5, 5.41) is 0. The van der Waals surface area contributed by atoms with E-state index >= 15 is 0 Å². The molecule has 0 aromatic carbocycles. The maximum Gasteiger partial charge on any atom is 0.113 e. The summed E-state index contributed by atoms with van der Waals surface area (Å²) in [6.07, 6.45) is 14.4. The summed E-state index contributed by atoms with van der Waals surface area (Å²) < 4.78 is 14.8. The lowest BCUT2D eigenvalue weighted by Gasteiger charge is -2.29. The number of halogens is 1.